The average Bonchev–Trinajstić information content (AvgIpc) is 3.59. The zero-order valence-electron chi connectivity index (χ0n) is 25.9. The topological polar surface area (TPSA) is 94.9 Å². The fraction of sp³-hybridized carbons (Fsp3) is 0.389. The summed E-state index contributed by atoms with van der Waals surface area (Å²) in [6.45, 7) is 14.5. The van der Waals surface area contributed by atoms with E-state index >= 15 is 0 Å². The number of hydrogen-bond acceptors (Lipinski definition) is 4. The van der Waals surface area contributed by atoms with Crippen molar-refractivity contribution in [1.29, 1.82) is 0 Å². The summed E-state index contributed by atoms with van der Waals surface area (Å²) in [6.07, 6.45) is 12.8. The second-order valence-corrected chi connectivity index (χ2v) is 11.7. The molecule has 0 radical (unpaired) electrons. The van der Waals surface area contributed by atoms with Crippen molar-refractivity contribution in [2.24, 2.45) is 9.98 Å². The van der Waals surface area contributed by atoms with Crippen LogP contribution in [0.4, 0.5) is 0 Å². The van der Waals surface area contributed by atoms with Crippen LogP contribution >= 0.6 is 0 Å². The fourth-order valence-corrected chi connectivity index (χ4v) is 6.62. The standard InChI is InChI=1S/C36H41N3O3/c1-8-26-20(4)24-14-25(26)16-31-21(5)27(9-2)33(37-31)17-32-23(7)29(12-13-36(41)42)35(39-32)18-34-28(11-10-19(3)40)22(6)30(15-24)38-34/h15-18,37H,8-14H2,1-7H3,(H,41,42). The van der Waals surface area contributed by atoms with Gasteiger partial charge in [0.05, 0.1) is 22.8 Å². The molecule has 5 rings (SSSR count). The van der Waals surface area contributed by atoms with Crippen LogP contribution in [-0.2, 0) is 16.0 Å². The van der Waals surface area contributed by atoms with Crippen LogP contribution < -0.4 is 0 Å². The van der Waals surface area contributed by atoms with Crippen LogP contribution in [0.2, 0.25) is 0 Å². The Morgan fingerprint density at radius 3 is 2.14 bits per heavy atom. The van der Waals surface area contributed by atoms with E-state index in [2.05, 4.69) is 57.8 Å². The molecule has 0 unspecified atom stereocenters. The molecule has 1 aromatic rings. The number of aromatic nitrogens is 1. The molecule has 8 bridgehead atoms. The highest BCUT2D eigenvalue weighted by molar-refractivity contribution is 6.16. The van der Waals surface area contributed by atoms with Gasteiger partial charge in [0, 0.05) is 24.2 Å². The molecule has 0 fully saturated rings. The van der Waals surface area contributed by atoms with Gasteiger partial charge in [-0.25, -0.2) is 9.98 Å². The van der Waals surface area contributed by atoms with E-state index in [0.29, 0.717) is 19.3 Å². The molecule has 6 heteroatoms. The molecule has 6 nitrogen and oxygen atoms in total. The van der Waals surface area contributed by atoms with Crippen molar-refractivity contribution in [3.05, 3.63) is 90.6 Å². The van der Waals surface area contributed by atoms with Crippen LogP contribution in [0.15, 0.2) is 78.1 Å². The largest absolute Gasteiger partial charge is 0.481 e. The van der Waals surface area contributed by atoms with Gasteiger partial charge in [-0.1, -0.05) is 13.8 Å². The Balaban J connectivity index is 1.78. The van der Waals surface area contributed by atoms with Crippen molar-refractivity contribution >= 4 is 35.3 Å². The monoisotopic (exact) mass is 563 g/mol. The van der Waals surface area contributed by atoms with Crippen LogP contribution in [-0.4, -0.2) is 33.3 Å². The van der Waals surface area contributed by atoms with E-state index in [-0.39, 0.29) is 12.2 Å². The van der Waals surface area contributed by atoms with E-state index in [1.54, 1.807) is 6.92 Å². The first-order valence-electron chi connectivity index (χ1n) is 15.1. The molecule has 3 aliphatic heterocycles. The molecule has 2 N–H and O–H groups in total. The first-order chi connectivity index (χ1) is 20.0. The highest BCUT2D eigenvalue weighted by atomic mass is 16.4. The number of aliphatic carboxylic acids is 1. The lowest BCUT2D eigenvalue weighted by molar-refractivity contribution is -0.136. The van der Waals surface area contributed by atoms with Crippen molar-refractivity contribution in [2.75, 3.05) is 0 Å². The predicted octanol–water partition coefficient (Wildman–Crippen LogP) is 8.34. The molecular weight excluding hydrogens is 522 g/mol. The van der Waals surface area contributed by atoms with E-state index < -0.39 is 5.97 Å². The van der Waals surface area contributed by atoms with Gasteiger partial charge >= 0.3 is 5.97 Å². The number of carbonyl (C=O) groups is 2. The maximum Gasteiger partial charge on any atom is 0.303 e. The number of rotatable bonds is 8. The van der Waals surface area contributed by atoms with Crippen molar-refractivity contribution < 1.29 is 14.7 Å². The number of ketones is 1. The third-order valence-corrected chi connectivity index (χ3v) is 9.13. The van der Waals surface area contributed by atoms with Gasteiger partial charge in [0.15, 0.2) is 0 Å². The maximum atomic E-state index is 12.0. The summed E-state index contributed by atoms with van der Waals surface area (Å²) in [4.78, 5) is 37.4. The highest BCUT2D eigenvalue weighted by Crippen LogP contribution is 2.41. The van der Waals surface area contributed by atoms with Crippen LogP contribution in [0.5, 0.6) is 0 Å². The Kier molecular flexibility index (Phi) is 8.18. The minimum absolute atomic E-state index is 0.0275. The van der Waals surface area contributed by atoms with E-state index in [1.165, 1.54) is 33.4 Å². The Morgan fingerprint density at radius 1 is 0.762 bits per heavy atom. The summed E-state index contributed by atoms with van der Waals surface area (Å²) in [5.41, 5.74) is 17.4. The molecule has 0 amide bonds. The smallest absolute Gasteiger partial charge is 0.303 e. The van der Waals surface area contributed by atoms with Crippen LogP contribution in [0.3, 0.4) is 0 Å². The lowest BCUT2D eigenvalue weighted by atomic mass is 9.96. The normalized spacial score (nSPS) is 18.3. The second-order valence-electron chi connectivity index (χ2n) is 11.7. The number of carboxylic acids is 1. The number of Topliss-reactive ketones (excluding diaryl/α,β-unsaturated/α-hetero) is 1. The maximum absolute atomic E-state index is 12.0. The van der Waals surface area contributed by atoms with Crippen LogP contribution in [0.1, 0.15) is 103 Å². The summed E-state index contributed by atoms with van der Waals surface area (Å²) < 4.78 is 0. The lowest BCUT2D eigenvalue weighted by Crippen LogP contribution is -2.03. The number of carboxylic acid groups (broad SMARTS) is 1. The minimum atomic E-state index is -0.834. The number of allylic oxidation sites excluding steroid dienone is 10. The molecule has 0 aromatic carbocycles. The number of hydrogen-bond donors (Lipinski definition) is 2. The molecule has 1 aliphatic carbocycles. The van der Waals surface area contributed by atoms with Gasteiger partial charge in [-0.05, 0) is 147 Å². The molecule has 0 atom stereocenters. The van der Waals surface area contributed by atoms with Gasteiger partial charge < -0.3 is 14.9 Å². The highest BCUT2D eigenvalue weighted by Gasteiger charge is 2.27. The second kappa shape index (κ2) is 11.7. The van der Waals surface area contributed by atoms with Gasteiger partial charge in [0.1, 0.15) is 5.78 Å². The molecule has 42 heavy (non-hydrogen) atoms. The van der Waals surface area contributed by atoms with E-state index in [4.69, 9.17) is 9.98 Å². The molecule has 0 saturated heterocycles. The van der Waals surface area contributed by atoms with Crippen molar-refractivity contribution in [2.45, 2.75) is 93.4 Å². The Labute approximate surface area is 248 Å². The Morgan fingerprint density at radius 2 is 1.48 bits per heavy atom. The number of aliphatic imine (C=N–C) groups is 2. The third kappa shape index (κ3) is 5.42. The van der Waals surface area contributed by atoms with Gasteiger partial charge in [0.2, 0.25) is 0 Å². The molecule has 1 aromatic heterocycles. The Hall–Kier alpha value is -4.06. The van der Waals surface area contributed by atoms with Crippen molar-refractivity contribution in [3.8, 4) is 0 Å². The van der Waals surface area contributed by atoms with E-state index in [1.807, 2.05) is 13.0 Å². The van der Waals surface area contributed by atoms with Crippen LogP contribution in [0.25, 0.3) is 12.2 Å². The predicted molar refractivity (Wildman–Crippen MR) is 172 cm³/mol. The fourth-order valence-electron chi connectivity index (χ4n) is 6.62. The summed E-state index contributed by atoms with van der Waals surface area (Å²) in [7, 11) is 0. The molecular formula is C36H41N3O3. The van der Waals surface area contributed by atoms with Crippen LogP contribution in [0, 0.1) is 6.92 Å². The van der Waals surface area contributed by atoms with E-state index in [0.717, 1.165) is 75.8 Å². The summed E-state index contributed by atoms with van der Waals surface area (Å²) in [5, 5.41) is 9.49. The Bertz CT molecular complexity index is 1690. The zero-order chi connectivity index (χ0) is 30.3. The third-order valence-electron chi connectivity index (χ3n) is 9.13. The van der Waals surface area contributed by atoms with Crippen molar-refractivity contribution in [3.63, 3.8) is 0 Å². The number of fused-ring (bicyclic) bond motifs is 6. The SMILES string of the molecule is CCC1=C(C)C2=CC3=NC(=CC4=NC(=Cc5[nH]c(c(C)c5CC)C=C1C2)C(C)=C4CCC(=O)O)C(CCC(C)=O)=C3C. The molecule has 0 spiro atoms. The number of aromatic amines is 1. The quantitative estimate of drug-likeness (QED) is 0.333. The summed E-state index contributed by atoms with van der Waals surface area (Å²) in [6, 6.07) is 0. The lowest BCUT2D eigenvalue weighted by Gasteiger charge is -2.07. The minimum Gasteiger partial charge on any atom is -0.481 e. The van der Waals surface area contributed by atoms with Crippen molar-refractivity contribution in [1.82, 2.24) is 4.98 Å². The number of nitrogens with zero attached hydrogens (tertiary/aromatic N) is 2. The molecule has 0 saturated carbocycles. The average molecular weight is 564 g/mol. The number of carbonyl (C=O) groups excluding carboxylic acids is 1. The zero-order valence-corrected chi connectivity index (χ0v) is 25.9. The van der Waals surface area contributed by atoms with Gasteiger partial charge in [-0.3, -0.25) is 4.79 Å². The molecule has 4 heterocycles. The van der Waals surface area contributed by atoms with Gasteiger partial charge in [-0.2, -0.15) is 0 Å². The molecule has 218 valence electrons. The summed E-state index contributed by atoms with van der Waals surface area (Å²) >= 11 is 0. The van der Waals surface area contributed by atoms with E-state index in [9.17, 15) is 14.7 Å². The first-order valence-corrected chi connectivity index (χ1v) is 15.1. The van der Waals surface area contributed by atoms with Gasteiger partial charge in [0.25, 0.3) is 0 Å². The number of H-pyrrole nitrogens is 1. The number of nitrogens with one attached hydrogen (secondary N) is 1. The van der Waals surface area contributed by atoms with Gasteiger partial charge in [-0.15, -0.1) is 0 Å². The summed E-state index contributed by atoms with van der Waals surface area (Å²) in [5.74, 6) is -0.690. The molecule has 4 aliphatic rings. The first kappa shape index (κ1) is 29.4.